The van der Waals surface area contributed by atoms with Crippen LogP contribution in [-0.2, 0) is 4.79 Å². The van der Waals surface area contributed by atoms with Gasteiger partial charge < -0.3 is 9.73 Å². The molecule has 0 spiro atoms. The molecule has 5 nitrogen and oxygen atoms in total. The van der Waals surface area contributed by atoms with Gasteiger partial charge in [0.2, 0.25) is 5.91 Å². The van der Waals surface area contributed by atoms with Crippen molar-refractivity contribution >= 4 is 11.7 Å². The molecule has 0 radical (unpaired) electrons. The highest BCUT2D eigenvalue weighted by molar-refractivity contribution is 6.12. The van der Waals surface area contributed by atoms with E-state index < -0.39 is 17.6 Å². The Hall–Kier alpha value is -2.87. The van der Waals surface area contributed by atoms with Gasteiger partial charge in [-0.25, -0.2) is 0 Å². The summed E-state index contributed by atoms with van der Waals surface area (Å²) < 4.78 is 4.82. The Labute approximate surface area is 128 Å². The third-order valence-corrected chi connectivity index (χ3v) is 3.39. The number of furan rings is 1. The molecule has 0 aliphatic rings. The van der Waals surface area contributed by atoms with E-state index in [0.717, 1.165) is 5.56 Å². The predicted octanol–water partition coefficient (Wildman–Crippen LogP) is 2.87. The average molecular weight is 296 g/mol. The molecule has 1 aromatic heterocycles. The third kappa shape index (κ3) is 3.41. The standard InChI is InChI=1S/C17H16N2O3/c1-2-15(12-6-4-3-5-7-12)19-17(21)14(10-18)16(20)13-8-9-22-11-13/h3-9,11,14-15H,2H2,1H3,(H,19,21)/t14-,15-/m0/s1. The van der Waals surface area contributed by atoms with E-state index in [-0.39, 0.29) is 11.6 Å². The van der Waals surface area contributed by atoms with Crippen molar-refractivity contribution in [3.8, 4) is 6.07 Å². The molecule has 0 fully saturated rings. The Bertz CT molecular complexity index is 672. The summed E-state index contributed by atoms with van der Waals surface area (Å²) in [6.07, 6.45) is 3.22. The molecule has 0 aliphatic heterocycles. The molecule has 0 saturated carbocycles. The number of nitrogens with zero attached hydrogens (tertiary/aromatic N) is 1. The normalized spacial score (nSPS) is 12.9. The summed E-state index contributed by atoms with van der Waals surface area (Å²) in [6, 6.07) is 12.4. The van der Waals surface area contributed by atoms with E-state index in [0.29, 0.717) is 6.42 Å². The second-order valence-electron chi connectivity index (χ2n) is 4.82. The third-order valence-electron chi connectivity index (χ3n) is 3.39. The van der Waals surface area contributed by atoms with Crippen LogP contribution < -0.4 is 5.32 Å². The molecule has 0 saturated heterocycles. The second-order valence-corrected chi connectivity index (χ2v) is 4.82. The average Bonchev–Trinajstić information content (AvgIpc) is 3.08. The molecule has 0 aliphatic carbocycles. The van der Waals surface area contributed by atoms with Gasteiger partial charge in [0.25, 0.3) is 0 Å². The van der Waals surface area contributed by atoms with Crippen molar-refractivity contribution in [2.45, 2.75) is 19.4 Å². The lowest BCUT2D eigenvalue weighted by Crippen LogP contribution is -2.36. The van der Waals surface area contributed by atoms with Gasteiger partial charge in [-0.1, -0.05) is 37.3 Å². The van der Waals surface area contributed by atoms with E-state index >= 15 is 0 Å². The molecule has 2 rings (SSSR count). The maximum atomic E-state index is 12.3. The first-order valence-electron chi connectivity index (χ1n) is 6.98. The number of carbonyl (C=O) groups is 2. The summed E-state index contributed by atoms with van der Waals surface area (Å²) in [7, 11) is 0. The highest BCUT2D eigenvalue weighted by Gasteiger charge is 2.29. The maximum Gasteiger partial charge on any atom is 0.245 e. The van der Waals surface area contributed by atoms with Crippen molar-refractivity contribution in [1.82, 2.24) is 5.32 Å². The van der Waals surface area contributed by atoms with Gasteiger partial charge in [-0.3, -0.25) is 9.59 Å². The van der Waals surface area contributed by atoms with Crippen LogP contribution in [0.3, 0.4) is 0 Å². The first kappa shape index (κ1) is 15.5. The van der Waals surface area contributed by atoms with Crippen LogP contribution in [0.25, 0.3) is 0 Å². The van der Waals surface area contributed by atoms with Gasteiger partial charge in [-0.15, -0.1) is 0 Å². The van der Waals surface area contributed by atoms with E-state index in [4.69, 9.17) is 9.68 Å². The fourth-order valence-corrected chi connectivity index (χ4v) is 2.17. The summed E-state index contributed by atoms with van der Waals surface area (Å²) in [5.41, 5.74) is 1.15. The van der Waals surface area contributed by atoms with Gasteiger partial charge in [0.1, 0.15) is 6.26 Å². The van der Waals surface area contributed by atoms with Crippen molar-refractivity contribution in [1.29, 1.82) is 5.26 Å². The molecule has 0 bridgehead atoms. The Balaban J connectivity index is 2.12. The zero-order valence-corrected chi connectivity index (χ0v) is 12.2. The lowest BCUT2D eigenvalue weighted by Gasteiger charge is -2.18. The van der Waals surface area contributed by atoms with Crippen LogP contribution in [0.5, 0.6) is 0 Å². The molecule has 0 unspecified atom stereocenters. The molecule has 22 heavy (non-hydrogen) atoms. The van der Waals surface area contributed by atoms with E-state index in [1.165, 1.54) is 18.6 Å². The highest BCUT2D eigenvalue weighted by Crippen LogP contribution is 2.18. The lowest BCUT2D eigenvalue weighted by molar-refractivity contribution is -0.123. The molecular formula is C17H16N2O3. The van der Waals surface area contributed by atoms with Crippen LogP contribution in [0.1, 0.15) is 35.3 Å². The van der Waals surface area contributed by atoms with E-state index in [1.807, 2.05) is 37.3 Å². The van der Waals surface area contributed by atoms with Crippen LogP contribution >= 0.6 is 0 Å². The number of nitrogens with one attached hydrogen (secondary N) is 1. The second kappa shape index (κ2) is 7.23. The number of hydrogen-bond acceptors (Lipinski definition) is 4. The van der Waals surface area contributed by atoms with Gasteiger partial charge >= 0.3 is 0 Å². The van der Waals surface area contributed by atoms with Crippen molar-refractivity contribution in [2.75, 3.05) is 0 Å². The summed E-state index contributed by atoms with van der Waals surface area (Å²) in [4.78, 5) is 24.4. The number of amides is 1. The summed E-state index contributed by atoms with van der Waals surface area (Å²) >= 11 is 0. The SMILES string of the molecule is CC[C@H](NC(=O)[C@@H](C#N)C(=O)c1ccoc1)c1ccccc1. The van der Waals surface area contributed by atoms with Gasteiger partial charge in [-0.2, -0.15) is 5.26 Å². The van der Waals surface area contributed by atoms with Gasteiger partial charge in [0.15, 0.2) is 11.7 Å². The monoisotopic (exact) mass is 296 g/mol. The topological polar surface area (TPSA) is 83.1 Å². The van der Waals surface area contributed by atoms with Crippen molar-refractivity contribution < 1.29 is 14.0 Å². The molecule has 112 valence electrons. The van der Waals surface area contributed by atoms with E-state index in [2.05, 4.69) is 5.32 Å². The molecule has 2 aromatic rings. The molecule has 1 aromatic carbocycles. The lowest BCUT2D eigenvalue weighted by atomic mass is 9.98. The Morgan fingerprint density at radius 2 is 2.00 bits per heavy atom. The van der Waals surface area contributed by atoms with Crippen molar-refractivity contribution in [2.24, 2.45) is 5.92 Å². The molecular weight excluding hydrogens is 280 g/mol. The largest absolute Gasteiger partial charge is 0.472 e. The first-order valence-corrected chi connectivity index (χ1v) is 6.98. The Morgan fingerprint density at radius 1 is 1.27 bits per heavy atom. The smallest absolute Gasteiger partial charge is 0.245 e. The quantitative estimate of drug-likeness (QED) is 0.656. The van der Waals surface area contributed by atoms with Crippen LogP contribution in [0.4, 0.5) is 0 Å². The number of nitriles is 1. The summed E-state index contributed by atoms with van der Waals surface area (Å²) in [5.74, 6) is -2.53. The van der Waals surface area contributed by atoms with Gasteiger partial charge in [0.05, 0.1) is 23.9 Å². The fraction of sp³-hybridized carbons (Fsp3) is 0.235. The summed E-state index contributed by atoms with van der Waals surface area (Å²) in [5, 5.41) is 11.9. The van der Waals surface area contributed by atoms with Crippen molar-refractivity contribution in [3.05, 3.63) is 60.1 Å². The van der Waals surface area contributed by atoms with Gasteiger partial charge in [0, 0.05) is 0 Å². The number of Topliss-reactive ketones (excluding diaryl/α,β-unsaturated/α-hetero) is 1. The minimum atomic E-state index is -1.38. The Kier molecular flexibility index (Phi) is 5.10. The van der Waals surface area contributed by atoms with Crippen LogP contribution in [-0.4, -0.2) is 11.7 Å². The number of carbonyl (C=O) groups excluding carboxylic acids is 2. The molecule has 1 amide bonds. The Morgan fingerprint density at radius 3 is 2.55 bits per heavy atom. The van der Waals surface area contributed by atoms with Crippen molar-refractivity contribution in [3.63, 3.8) is 0 Å². The fourth-order valence-electron chi connectivity index (χ4n) is 2.17. The maximum absolute atomic E-state index is 12.3. The highest BCUT2D eigenvalue weighted by atomic mass is 16.3. The first-order chi connectivity index (χ1) is 10.7. The molecule has 1 N–H and O–H groups in total. The molecule has 1 heterocycles. The number of hydrogen-bond donors (Lipinski definition) is 1. The van der Waals surface area contributed by atoms with E-state index in [9.17, 15) is 9.59 Å². The number of ketones is 1. The predicted molar refractivity (Wildman–Crippen MR) is 79.8 cm³/mol. The van der Waals surface area contributed by atoms with Crippen LogP contribution in [0, 0.1) is 17.2 Å². The number of benzene rings is 1. The van der Waals surface area contributed by atoms with Crippen LogP contribution in [0.2, 0.25) is 0 Å². The molecule has 5 heteroatoms. The number of rotatable bonds is 6. The minimum Gasteiger partial charge on any atom is -0.472 e. The zero-order valence-electron chi connectivity index (χ0n) is 12.2. The molecule has 2 atom stereocenters. The van der Waals surface area contributed by atoms with Crippen LogP contribution in [0.15, 0.2) is 53.3 Å². The summed E-state index contributed by atoms with van der Waals surface area (Å²) in [6.45, 7) is 1.93. The minimum absolute atomic E-state index is 0.217. The van der Waals surface area contributed by atoms with E-state index in [1.54, 1.807) is 6.07 Å². The zero-order chi connectivity index (χ0) is 15.9. The van der Waals surface area contributed by atoms with Gasteiger partial charge in [-0.05, 0) is 18.1 Å².